The molecule has 2 amide bonds. The molecule has 0 atom stereocenters. The summed E-state index contributed by atoms with van der Waals surface area (Å²) >= 11 is 1.19. The Morgan fingerprint density at radius 3 is 2.54 bits per heavy atom. The molecule has 0 spiro atoms. The van der Waals surface area contributed by atoms with Crippen molar-refractivity contribution >= 4 is 38.2 Å². The molecule has 1 aromatic heterocycles. The molecule has 2 aromatic rings. The highest BCUT2D eigenvalue weighted by atomic mass is 32.2. The van der Waals surface area contributed by atoms with E-state index in [9.17, 15) is 13.2 Å². The maximum absolute atomic E-state index is 12.0. The van der Waals surface area contributed by atoms with Crippen molar-refractivity contribution in [3.63, 3.8) is 0 Å². The largest absolute Gasteiger partial charge is 0.374 e. The fraction of sp³-hybridized carbons (Fsp3) is 0.308. The molecule has 5 N–H and O–H groups in total. The minimum absolute atomic E-state index is 0.145. The number of hydrogen-bond acceptors (Lipinski definition) is 7. The van der Waals surface area contributed by atoms with Gasteiger partial charge in [-0.15, -0.1) is 10.2 Å². The first kappa shape index (κ1) is 18.1. The van der Waals surface area contributed by atoms with Crippen molar-refractivity contribution in [2.24, 2.45) is 0 Å². The Balaban J connectivity index is 1.90. The number of carbonyl (C=O) groups is 1. The molecule has 0 fully saturated rings. The minimum Gasteiger partial charge on any atom is -0.374 e. The lowest BCUT2D eigenvalue weighted by Gasteiger charge is -2.08. The van der Waals surface area contributed by atoms with Crippen LogP contribution in [0.2, 0.25) is 0 Å². The first-order chi connectivity index (χ1) is 11.4. The summed E-state index contributed by atoms with van der Waals surface area (Å²) in [4.78, 5) is 11.9. The van der Waals surface area contributed by atoms with Crippen LogP contribution in [0.3, 0.4) is 0 Å². The molecule has 24 heavy (non-hydrogen) atoms. The van der Waals surface area contributed by atoms with Crippen molar-refractivity contribution < 1.29 is 13.2 Å². The van der Waals surface area contributed by atoms with E-state index < -0.39 is 16.1 Å². The fourth-order valence-corrected chi connectivity index (χ4v) is 3.39. The van der Waals surface area contributed by atoms with E-state index >= 15 is 0 Å². The summed E-state index contributed by atoms with van der Waals surface area (Å²) in [6.07, 6.45) is 0.708. The maximum atomic E-state index is 12.0. The topological polar surface area (TPSA) is 139 Å². The normalized spacial score (nSPS) is 11.2. The van der Waals surface area contributed by atoms with Crippen LogP contribution in [0, 0.1) is 0 Å². The first-order valence-corrected chi connectivity index (χ1v) is 9.43. The number of hydrogen-bond donors (Lipinski definition) is 4. The van der Waals surface area contributed by atoms with Crippen LogP contribution >= 0.6 is 11.3 Å². The highest BCUT2D eigenvalue weighted by Gasteiger charge is 2.13. The molecule has 0 aliphatic heterocycles. The molecule has 0 radical (unpaired) electrons. The van der Waals surface area contributed by atoms with Crippen LogP contribution in [0.15, 0.2) is 29.2 Å². The van der Waals surface area contributed by atoms with Gasteiger partial charge in [-0.1, -0.05) is 18.3 Å². The Bertz CT molecular complexity index is 788. The van der Waals surface area contributed by atoms with E-state index in [1.165, 1.54) is 35.6 Å². The highest BCUT2D eigenvalue weighted by Crippen LogP contribution is 2.14. The van der Waals surface area contributed by atoms with Gasteiger partial charge in [0.05, 0.1) is 11.4 Å². The standard InChI is InChI=1S/C13H18N6O3S2/c1-2-7-16-24(21,22)10-5-3-9(4-6-10)17-13(20)15-8-11-18-19-12(14)23-11/h3-6,16H,2,7-8H2,1H3,(H2,14,19)(H2,15,17,20). The van der Waals surface area contributed by atoms with Gasteiger partial charge in [-0.3, -0.25) is 0 Å². The molecule has 0 aliphatic rings. The van der Waals surface area contributed by atoms with Gasteiger partial charge < -0.3 is 16.4 Å². The zero-order valence-electron chi connectivity index (χ0n) is 12.9. The van der Waals surface area contributed by atoms with Crippen molar-refractivity contribution in [2.45, 2.75) is 24.8 Å². The minimum atomic E-state index is -3.52. The second kappa shape index (κ2) is 8.04. The van der Waals surface area contributed by atoms with Crippen molar-refractivity contribution in [3.8, 4) is 0 Å². The molecule has 130 valence electrons. The van der Waals surface area contributed by atoms with E-state index in [-0.39, 0.29) is 11.4 Å². The number of nitrogens with two attached hydrogens (primary N) is 1. The van der Waals surface area contributed by atoms with Crippen molar-refractivity contribution in [3.05, 3.63) is 29.3 Å². The number of urea groups is 1. The van der Waals surface area contributed by atoms with Crippen LogP contribution < -0.4 is 21.1 Å². The number of aromatic nitrogens is 2. The monoisotopic (exact) mass is 370 g/mol. The van der Waals surface area contributed by atoms with Gasteiger partial charge in [-0.2, -0.15) is 0 Å². The number of benzene rings is 1. The number of nitrogens with zero attached hydrogens (tertiary/aromatic N) is 2. The predicted molar refractivity (Wildman–Crippen MR) is 92.1 cm³/mol. The molecular formula is C13H18N6O3S2. The second-order valence-corrected chi connectivity index (χ2v) is 7.62. The zero-order chi connectivity index (χ0) is 17.6. The van der Waals surface area contributed by atoms with Crippen LogP contribution in [0.4, 0.5) is 15.6 Å². The Labute approximate surface area is 143 Å². The van der Waals surface area contributed by atoms with Crippen molar-refractivity contribution in [2.75, 3.05) is 17.6 Å². The van der Waals surface area contributed by atoms with Crippen LogP contribution in [-0.2, 0) is 16.6 Å². The van der Waals surface area contributed by atoms with E-state index in [1.807, 2.05) is 6.92 Å². The number of amides is 2. The fourth-order valence-electron chi connectivity index (χ4n) is 1.71. The number of nitrogens with one attached hydrogen (secondary N) is 3. The summed E-state index contributed by atoms with van der Waals surface area (Å²) < 4.78 is 26.4. The van der Waals surface area contributed by atoms with E-state index in [0.29, 0.717) is 28.8 Å². The molecule has 1 aromatic carbocycles. The third-order valence-electron chi connectivity index (χ3n) is 2.85. The summed E-state index contributed by atoms with van der Waals surface area (Å²) in [5, 5.41) is 13.6. The molecule has 11 heteroatoms. The van der Waals surface area contributed by atoms with Crippen LogP contribution in [0.25, 0.3) is 0 Å². The maximum Gasteiger partial charge on any atom is 0.319 e. The number of carbonyl (C=O) groups excluding carboxylic acids is 1. The Hall–Kier alpha value is -2.24. The summed E-state index contributed by atoms with van der Waals surface area (Å²) in [6, 6.07) is 5.45. The smallest absolute Gasteiger partial charge is 0.319 e. The van der Waals surface area contributed by atoms with Gasteiger partial charge in [0.25, 0.3) is 0 Å². The van der Waals surface area contributed by atoms with E-state index in [0.717, 1.165) is 0 Å². The lowest BCUT2D eigenvalue weighted by Crippen LogP contribution is -2.28. The van der Waals surface area contributed by atoms with E-state index in [4.69, 9.17) is 5.73 Å². The predicted octanol–water partition coefficient (Wildman–Crippen LogP) is 1.13. The lowest BCUT2D eigenvalue weighted by molar-refractivity contribution is 0.251. The first-order valence-electron chi connectivity index (χ1n) is 7.13. The number of rotatable bonds is 7. The molecular weight excluding hydrogens is 352 g/mol. The van der Waals surface area contributed by atoms with E-state index in [1.54, 1.807) is 0 Å². The van der Waals surface area contributed by atoms with Gasteiger partial charge >= 0.3 is 6.03 Å². The van der Waals surface area contributed by atoms with Gasteiger partial charge in [0.2, 0.25) is 15.2 Å². The van der Waals surface area contributed by atoms with Crippen molar-refractivity contribution in [1.29, 1.82) is 0 Å². The molecule has 2 rings (SSSR count). The third-order valence-corrected chi connectivity index (χ3v) is 5.08. The second-order valence-electron chi connectivity index (χ2n) is 4.76. The van der Waals surface area contributed by atoms with Gasteiger partial charge in [0.15, 0.2) is 0 Å². The van der Waals surface area contributed by atoms with Crippen LogP contribution in [-0.4, -0.2) is 31.2 Å². The van der Waals surface area contributed by atoms with Crippen molar-refractivity contribution in [1.82, 2.24) is 20.2 Å². The Morgan fingerprint density at radius 1 is 1.25 bits per heavy atom. The Morgan fingerprint density at radius 2 is 1.96 bits per heavy atom. The summed E-state index contributed by atoms with van der Waals surface area (Å²) in [5.41, 5.74) is 5.92. The molecule has 0 unspecified atom stereocenters. The quantitative estimate of drug-likeness (QED) is 0.576. The van der Waals surface area contributed by atoms with Crippen LogP contribution in [0.1, 0.15) is 18.4 Å². The lowest BCUT2D eigenvalue weighted by atomic mass is 10.3. The molecule has 0 bridgehead atoms. The zero-order valence-corrected chi connectivity index (χ0v) is 14.6. The number of nitrogen functional groups attached to an aromatic ring is 1. The van der Waals surface area contributed by atoms with Gasteiger partial charge in [-0.05, 0) is 30.7 Å². The summed E-state index contributed by atoms with van der Waals surface area (Å²) in [6.45, 7) is 2.46. The summed E-state index contributed by atoms with van der Waals surface area (Å²) in [7, 11) is -3.52. The highest BCUT2D eigenvalue weighted by molar-refractivity contribution is 7.89. The SMILES string of the molecule is CCCNS(=O)(=O)c1ccc(NC(=O)NCc2nnc(N)s2)cc1. The average molecular weight is 370 g/mol. The number of sulfonamides is 1. The van der Waals surface area contributed by atoms with Gasteiger partial charge in [0.1, 0.15) is 5.01 Å². The average Bonchev–Trinajstić information content (AvgIpc) is 2.97. The van der Waals surface area contributed by atoms with E-state index in [2.05, 4.69) is 25.6 Å². The molecule has 0 aliphatic carbocycles. The molecule has 0 saturated heterocycles. The molecule has 0 saturated carbocycles. The van der Waals surface area contributed by atoms with Gasteiger partial charge in [0, 0.05) is 12.2 Å². The summed E-state index contributed by atoms with van der Waals surface area (Å²) in [5.74, 6) is 0. The molecule has 9 nitrogen and oxygen atoms in total. The number of anilines is 2. The Kier molecular flexibility index (Phi) is 6.06. The third kappa shape index (κ3) is 5.15. The van der Waals surface area contributed by atoms with Crippen LogP contribution in [0.5, 0.6) is 0 Å². The van der Waals surface area contributed by atoms with Gasteiger partial charge in [-0.25, -0.2) is 17.9 Å². The molecule has 1 heterocycles.